The first-order valence-corrected chi connectivity index (χ1v) is 41.6. The molecule has 6 bridgehead atoms. The number of nitrogens with one attached hydrogen (secondary N) is 5. The van der Waals surface area contributed by atoms with Crippen molar-refractivity contribution in [3.8, 4) is 0 Å². The molecule has 5 N–H and O–H groups in total. The minimum atomic E-state index is -3.73. The van der Waals surface area contributed by atoms with Gasteiger partial charge in [-0.3, -0.25) is 0 Å². The maximum atomic E-state index is 14.6. The molecule has 0 aromatic heterocycles. The second-order valence-electron chi connectivity index (χ2n) is 31.0. The number of rotatable bonds is 25. The molecule has 4 aromatic rings. The fourth-order valence-corrected chi connectivity index (χ4v) is 21.4. The predicted octanol–water partition coefficient (Wildman–Crippen LogP) is 11.4. The van der Waals surface area contributed by atoms with E-state index in [-0.39, 0.29) is 109 Å². The molecule has 6 saturated heterocycles. The van der Waals surface area contributed by atoms with Crippen molar-refractivity contribution in [2.45, 2.75) is 234 Å². The Morgan fingerprint density at radius 2 is 0.833 bits per heavy atom. The number of piperidine rings is 3. The molecule has 102 heavy (non-hydrogen) atoms. The molecule has 6 aliphatic rings. The van der Waals surface area contributed by atoms with Gasteiger partial charge in [0.15, 0.2) is 34.9 Å². The van der Waals surface area contributed by atoms with Crippen molar-refractivity contribution in [1.82, 2.24) is 38.3 Å². The van der Waals surface area contributed by atoms with E-state index in [1.807, 2.05) is 71.9 Å². The number of sulfonamides is 2. The molecule has 6 aliphatic heterocycles. The summed E-state index contributed by atoms with van der Waals surface area (Å²) in [6.07, 6.45) is 8.38. The Morgan fingerprint density at radius 3 is 1.17 bits per heavy atom. The van der Waals surface area contributed by atoms with E-state index < -0.39 is 138 Å². The summed E-state index contributed by atoms with van der Waals surface area (Å²) in [5.41, 5.74) is 0.918. The summed E-state index contributed by atoms with van der Waals surface area (Å²) in [5.74, 6) is -9.86. The molecule has 0 spiro atoms. The van der Waals surface area contributed by atoms with Crippen LogP contribution in [-0.4, -0.2) is 156 Å². The Morgan fingerprint density at radius 1 is 0.510 bits per heavy atom. The van der Waals surface area contributed by atoms with Gasteiger partial charge in [-0.25, -0.2) is 87.9 Å². The van der Waals surface area contributed by atoms with Crippen LogP contribution in [0.5, 0.6) is 0 Å². The molecule has 0 saturated carbocycles. The average Bonchev–Trinajstić information content (AvgIpc) is 1.58. The molecule has 6 heterocycles. The third-order valence-electron chi connectivity index (χ3n) is 20.1. The average molecular weight is 1540 g/mol. The van der Waals surface area contributed by atoms with Gasteiger partial charge in [0.2, 0.25) is 20.0 Å². The van der Waals surface area contributed by atoms with E-state index in [1.54, 1.807) is 36.4 Å². The lowest BCUT2D eigenvalue weighted by atomic mass is 9.83. The van der Waals surface area contributed by atoms with Gasteiger partial charge in [0.05, 0.1) is 58.7 Å². The van der Waals surface area contributed by atoms with E-state index in [0.29, 0.717) is 75.4 Å². The zero-order valence-corrected chi connectivity index (χ0v) is 64.0. The van der Waals surface area contributed by atoms with Crippen LogP contribution in [0.4, 0.5) is 44.3 Å². The first-order valence-electron chi connectivity index (χ1n) is 34.9. The molecule has 4 aromatic carbocycles. The molecule has 572 valence electrons. The van der Waals surface area contributed by atoms with Gasteiger partial charge in [-0.05, 0) is 224 Å². The van der Waals surface area contributed by atoms with Gasteiger partial charge in [0.1, 0.15) is 24.1 Å². The summed E-state index contributed by atoms with van der Waals surface area (Å²) in [6, 6.07) is 12.0. The fourth-order valence-electron chi connectivity index (χ4n) is 14.7. The summed E-state index contributed by atoms with van der Waals surface area (Å²) >= 11 is 0. The summed E-state index contributed by atoms with van der Waals surface area (Å²) < 4.78 is 232. The third-order valence-corrected chi connectivity index (χ3v) is 28.9. The van der Waals surface area contributed by atoms with Crippen LogP contribution >= 0.6 is 0 Å². The lowest BCUT2D eigenvalue weighted by Crippen LogP contribution is -2.53. The number of halogens is 9. The first-order chi connectivity index (χ1) is 47.6. The number of nitrogens with zero attached hydrogens (tertiary/aromatic N) is 3. The Hall–Kier alpha value is -4.41. The van der Waals surface area contributed by atoms with Gasteiger partial charge in [-0.2, -0.15) is 8.61 Å². The highest BCUT2D eigenvalue weighted by molar-refractivity contribution is 7.89. The number of carbonyl (C=O) groups is 1. The number of carbonyl (C=O) groups excluding carboxylic acids is 1. The van der Waals surface area contributed by atoms with Crippen LogP contribution in [0.15, 0.2) is 66.7 Å². The molecule has 0 aliphatic carbocycles. The maximum absolute atomic E-state index is 14.6. The van der Waals surface area contributed by atoms with Crippen LogP contribution in [0.3, 0.4) is 0 Å². The van der Waals surface area contributed by atoms with Gasteiger partial charge in [-0.15, -0.1) is 0 Å². The predicted molar refractivity (Wildman–Crippen MR) is 381 cm³/mol. The fraction of sp³-hybridized carbons (Fsp3) is 0.648. The zero-order valence-electron chi connectivity index (χ0n) is 59.9. The number of ether oxygens (including phenoxy) is 1. The van der Waals surface area contributed by atoms with Crippen LogP contribution in [0.2, 0.25) is 0 Å². The second-order valence-corrected chi connectivity index (χ2v) is 40.9. The highest BCUT2D eigenvalue weighted by atomic mass is 32.2. The van der Waals surface area contributed by atoms with Crippen LogP contribution in [0.25, 0.3) is 0 Å². The Kier molecular flexibility index (Phi) is 28.6. The molecular weight excluding hydrogens is 1440 g/mol. The minimum absolute atomic E-state index is 0.00808. The lowest BCUT2D eigenvalue weighted by Gasteiger charge is -2.41. The van der Waals surface area contributed by atoms with Crippen LogP contribution < -0.4 is 24.8 Å². The van der Waals surface area contributed by atoms with Crippen LogP contribution in [0.1, 0.15) is 162 Å². The molecule has 0 radical (unpaired) electrons. The second kappa shape index (κ2) is 35.1. The van der Waals surface area contributed by atoms with Crippen LogP contribution in [0, 0.1) is 70.1 Å². The summed E-state index contributed by atoms with van der Waals surface area (Å²) in [4.78, 5) is 13.7. The molecule has 6 fully saturated rings. The topological polar surface area (TPSA) is 216 Å². The van der Waals surface area contributed by atoms with Gasteiger partial charge >= 0.3 is 6.09 Å². The largest absolute Gasteiger partial charge is 0.445 e. The van der Waals surface area contributed by atoms with Gasteiger partial charge in [0.25, 0.3) is 0 Å². The molecule has 3 unspecified atom stereocenters. The van der Waals surface area contributed by atoms with E-state index in [2.05, 4.69) is 24.8 Å². The summed E-state index contributed by atoms with van der Waals surface area (Å²) in [6.45, 7) is 16.8. The van der Waals surface area contributed by atoms with E-state index in [1.165, 1.54) is 11.9 Å². The normalized spacial score (nSPS) is 24.9. The van der Waals surface area contributed by atoms with Crippen molar-refractivity contribution in [3.05, 3.63) is 141 Å². The Bertz CT molecular complexity index is 3820. The third kappa shape index (κ3) is 22.1. The van der Waals surface area contributed by atoms with Crippen molar-refractivity contribution in [3.63, 3.8) is 0 Å². The molecule has 17 nitrogen and oxygen atoms in total. The lowest BCUT2D eigenvalue weighted by molar-refractivity contribution is 0.106. The highest BCUT2D eigenvalue weighted by Crippen LogP contribution is 2.45. The van der Waals surface area contributed by atoms with E-state index in [4.69, 9.17) is 4.74 Å². The molecule has 15 atom stereocenters. The molecule has 31 heteroatoms. The quantitative estimate of drug-likeness (QED) is 0.0311. The molecule has 10 rings (SSSR count). The molecular formula is C71H101F9N8O9S5. The van der Waals surface area contributed by atoms with E-state index in [0.717, 1.165) is 62.3 Å². The Balaban J connectivity index is 0.000000200. The Labute approximate surface area is 604 Å². The van der Waals surface area contributed by atoms with Gasteiger partial charge in [0, 0.05) is 92.7 Å². The summed E-state index contributed by atoms with van der Waals surface area (Å²) in [7, 11) is -8.28. The SMILES string of the molecule is CC(C)(C)[S@](=O)N[C@H](Cc1cc(F)c(F)cc1F)C1C[C@H]2CC[C@@H](C1)N2.CN(CCS(=O)(=O)N1[C@@H]2CC[C@H]1CC([C@@H](Cc1cc(F)c(F)cc1F)N[S@@](=O)C(C)(C)C)C2)C(=O)OCc1ccccc1.CNCCS(=O)(=O)N1[C@@H]2CC[C@H]1CC([C@@H](Cc1cc(F)c(F)cc1F)N[S@@](=O)C(C)(C)C)C2. The van der Waals surface area contributed by atoms with Crippen molar-refractivity contribution in [2.24, 2.45) is 17.8 Å². The van der Waals surface area contributed by atoms with Gasteiger partial charge < -0.3 is 20.3 Å². The minimum Gasteiger partial charge on any atom is -0.445 e. The monoisotopic (exact) mass is 1540 g/mol. The smallest absolute Gasteiger partial charge is 0.409 e. The van der Waals surface area contributed by atoms with E-state index in [9.17, 15) is 73.8 Å². The number of fused-ring (bicyclic) bond motifs is 6. The maximum Gasteiger partial charge on any atom is 0.409 e. The first kappa shape index (κ1) is 83.2. The zero-order chi connectivity index (χ0) is 75.1. The number of hydrogen-bond donors (Lipinski definition) is 5. The van der Waals surface area contributed by atoms with E-state index >= 15 is 0 Å². The molecule has 1 amide bonds. The number of benzene rings is 4. The van der Waals surface area contributed by atoms with Gasteiger partial charge in [-0.1, -0.05) is 30.3 Å². The standard InChI is InChI=1S/C30H40F3N3O5S2.C22H34F3N3O3S2.C19H27F3N2OS/c1-30(2,3)42(38)34-28(17-21-16-26(32)27(33)18-25(21)31)22-14-23-10-11-24(15-22)36(23)43(39,40)13-12-35(4)29(37)41-19-20-8-6-5-7-9-20;1-22(2,3)32(29)27-21(12-14-11-19(24)20(25)13-18(14)23)15-9-16-5-6-17(10-15)28(16)33(30,31)8-7-26-4;1-19(2,3)26(25)24-18(12-6-13-4-5-14(7-12)23-13)9-11-8-16(21)17(22)10-15(11)20/h5-9,16,18,22-24,28,34H,10-15,17,19H2,1-4H3;11,13,15-17,21,26-27H,5-10,12H2,1-4H3;8,10,12-14,18,23-24H,4-7,9H2,1-3H3/t22?,23-,24+,28-,42+;15?,16-,17+,21-,32+;12?,13-,14+,18-,26+/m111/s1. The summed E-state index contributed by atoms with van der Waals surface area (Å²) in [5, 5.41) is 6.44. The number of amides is 1. The van der Waals surface area contributed by atoms with Crippen molar-refractivity contribution < 1.29 is 78.5 Å². The van der Waals surface area contributed by atoms with Crippen molar-refractivity contribution in [1.29, 1.82) is 0 Å². The van der Waals surface area contributed by atoms with Crippen molar-refractivity contribution in [2.75, 3.05) is 38.7 Å². The highest BCUT2D eigenvalue weighted by Gasteiger charge is 2.51. The van der Waals surface area contributed by atoms with Crippen LogP contribution in [-0.2, 0) is 83.6 Å². The number of hydrogen-bond acceptors (Lipinski definition) is 11. The van der Waals surface area contributed by atoms with Crippen molar-refractivity contribution >= 4 is 59.1 Å².